The van der Waals surface area contributed by atoms with Crippen molar-refractivity contribution in [3.8, 4) is 0 Å². The van der Waals surface area contributed by atoms with Crippen LogP contribution in [-0.2, 0) is 21.4 Å². The number of hydrogen-bond acceptors (Lipinski definition) is 6. The molecule has 3 saturated heterocycles. The number of anilines is 1. The smallest absolute Gasteiger partial charge is 0.475 e. The number of piperidine rings is 3. The minimum absolute atomic E-state index is 0.215. The number of nitrogens with zero attached hydrogens (tertiary/aromatic N) is 3. The number of carboxylic acids is 1. The summed E-state index contributed by atoms with van der Waals surface area (Å²) >= 11 is 0. The molecular formula is C26H34F3N5O5. The second kappa shape index (κ2) is 11.8. The molecule has 1 atom stereocenters. The molecule has 3 fully saturated rings. The molecule has 0 spiro atoms. The number of aliphatic carboxylic acids is 1. The van der Waals surface area contributed by atoms with E-state index in [0.717, 1.165) is 41.6 Å². The fraction of sp³-hybridized carbons (Fsp3) is 0.615. The van der Waals surface area contributed by atoms with Crippen molar-refractivity contribution in [3.63, 3.8) is 0 Å². The minimum atomic E-state index is -5.08. The van der Waals surface area contributed by atoms with Crippen LogP contribution in [0.1, 0.15) is 51.0 Å². The number of carbonyl (C=O) groups is 3. The fourth-order valence-electron chi connectivity index (χ4n) is 5.79. The molecule has 1 aromatic heterocycles. The molecule has 0 radical (unpaired) electrons. The molecule has 13 heteroatoms. The second-order valence-corrected chi connectivity index (χ2v) is 10.5. The first-order valence-corrected chi connectivity index (χ1v) is 13.3. The summed E-state index contributed by atoms with van der Waals surface area (Å²) < 4.78 is 34.9. The number of aryl methyl sites for hydroxylation is 1. The Morgan fingerprint density at radius 1 is 1.00 bits per heavy atom. The van der Waals surface area contributed by atoms with Gasteiger partial charge < -0.3 is 15.3 Å². The summed E-state index contributed by atoms with van der Waals surface area (Å²) in [7, 11) is 1.75. The zero-order valence-electron chi connectivity index (χ0n) is 21.8. The molecule has 2 amide bonds. The number of halogens is 3. The highest BCUT2D eigenvalue weighted by molar-refractivity contribution is 6.00. The van der Waals surface area contributed by atoms with Crippen LogP contribution in [-0.4, -0.2) is 64.4 Å². The highest BCUT2D eigenvalue weighted by Crippen LogP contribution is 2.32. The standard InChI is InChI=1S/C24H33N5O3.C2HF3O2/c1-27-21-15-18(28-12-8-17(9-13-28)14-16-6-10-25-11-7-16)2-3-19(21)29(24(27)32)20-4-5-22(30)26-23(20)31;3-2(4,5)1(6)7/h2-3,15-17,20,25H,4-14H2,1H3,(H,26,30,31);(H,6,7). The molecule has 3 aliphatic rings. The summed E-state index contributed by atoms with van der Waals surface area (Å²) in [6.07, 6.45) is 1.96. The molecule has 39 heavy (non-hydrogen) atoms. The van der Waals surface area contributed by atoms with Crippen LogP contribution in [0.3, 0.4) is 0 Å². The molecule has 1 unspecified atom stereocenters. The van der Waals surface area contributed by atoms with Crippen molar-refractivity contribution in [1.29, 1.82) is 0 Å². The van der Waals surface area contributed by atoms with E-state index in [1.54, 1.807) is 16.2 Å². The highest BCUT2D eigenvalue weighted by atomic mass is 19.4. The van der Waals surface area contributed by atoms with Crippen molar-refractivity contribution < 1.29 is 32.7 Å². The SMILES string of the molecule is Cn1c(=O)n(C2CCC(=O)NC2=O)c2ccc(N3CCC(CC4CCNCC4)CC3)cc21.O=C(O)C(F)(F)F. The lowest BCUT2D eigenvalue weighted by Crippen LogP contribution is -2.44. The van der Waals surface area contributed by atoms with Crippen molar-refractivity contribution in [2.45, 2.75) is 57.2 Å². The number of hydrogen-bond donors (Lipinski definition) is 3. The average molecular weight is 554 g/mol. The lowest BCUT2D eigenvalue weighted by Gasteiger charge is -2.36. The maximum Gasteiger partial charge on any atom is 0.490 e. The molecular weight excluding hydrogens is 519 g/mol. The van der Waals surface area contributed by atoms with Crippen molar-refractivity contribution in [1.82, 2.24) is 19.8 Å². The Bertz CT molecular complexity index is 1270. The van der Waals surface area contributed by atoms with Crippen LogP contribution in [0.2, 0.25) is 0 Å². The van der Waals surface area contributed by atoms with Crippen LogP contribution in [0.5, 0.6) is 0 Å². The summed E-state index contributed by atoms with van der Waals surface area (Å²) in [6, 6.07) is 5.46. The molecule has 2 aromatic rings. The molecule has 5 rings (SSSR count). The van der Waals surface area contributed by atoms with Gasteiger partial charge in [0, 0.05) is 32.2 Å². The van der Waals surface area contributed by atoms with E-state index in [1.165, 1.54) is 45.2 Å². The maximum absolute atomic E-state index is 13.0. The number of fused-ring (bicyclic) bond motifs is 1. The normalized spacial score (nSPS) is 21.4. The number of alkyl halides is 3. The maximum atomic E-state index is 13.0. The summed E-state index contributed by atoms with van der Waals surface area (Å²) in [6.45, 7) is 4.42. The average Bonchev–Trinajstić information content (AvgIpc) is 3.14. The van der Waals surface area contributed by atoms with Gasteiger partial charge >= 0.3 is 17.8 Å². The molecule has 4 heterocycles. The topological polar surface area (TPSA) is 126 Å². The molecule has 3 N–H and O–H groups in total. The van der Waals surface area contributed by atoms with Crippen LogP contribution in [0.4, 0.5) is 18.9 Å². The number of benzene rings is 1. The quantitative estimate of drug-likeness (QED) is 0.497. The van der Waals surface area contributed by atoms with Crippen LogP contribution >= 0.6 is 0 Å². The van der Waals surface area contributed by atoms with Crippen molar-refractivity contribution >= 4 is 34.5 Å². The van der Waals surface area contributed by atoms with Gasteiger partial charge in [-0.15, -0.1) is 0 Å². The third-order valence-electron chi connectivity index (χ3n) is 7.94. The van der Waals surface area contributed by atoms with Gasteiger partial charge in [-0.1, -0.05) is 0 Å². The van der Waals surface area contributed by atoms with Crippen molar-refractivity contribution in [3.05, 3.63) is 28.7 Å². The van der Waals surface area contributed by atoms with Gasteiger partial charge in [0.25, 0.3) is 0 Å². The summed E-state index contributed by atoms with van der Waals surface area (Å²) in [5.74, 6) is -1.73. The van der Waals surface area contributed by atoms with E-state index < -0.39 is 24.1 Å². The van der Waals surface area contributed by atoms with Gasteiger partial charge in [0.2, 0.25) is 11.8 Å². The molecule has 0 bridgehead atoms. The van der Waals surface area contributed by atoms with Crippen LogP contribution in [0.15, 0.2) is 23.0 Å². The van der Waals surface area contributed by atoms with E-state index in [1.807, 2.05) is 6.07 Å². The summed E-state index contributed by atoms with van der Waals surface area (Å²) in [5.41, 5.74) is 2.49. The predicted molar refractivity (Wildman–Crippen MR) is 137 cm³/mol. The first-order chi connectivity index (χ1) is 18.5. The molecule has 0 aliphatic carbocycles. The van der Waals surface area contributed by atoms with Gasteiger partial charge in [0.05, 0.1) is 11.0 Å². The first kappa shape index (κ1) is 28.7. The van der Waals surface area contributed by atoms with Gasteiger partial charge in [0.15, 0.2) is 0 Å². The van der Waals surface area contributed by atoms with Gasteiger partial charge in [-0.05, 0) is 81.6 Å². The Hall–Kier alpha value is -3.35. The van der Waals surface area contributed by atoms with E-state index in [0.29, 0.717) is 6.42 Å². The number of carboxylic acid groups (broad SMARTS) is 1. The monoisotopic (exact) mass is 553 g/mol. The van der Waals surface area contributed by atoms with Gasteiger partial charge in [-0.3, -0.25) is 24.0 Å². The van der Waals surface area contributed by atoms with E-state index in [9.17, 15) is 27.6 Å². The van der Waals surface area contributed by atoms with E-state index in [4.69, 9.17) is 9.90 Å². The Morgan fingerprint density at radius 2 is 1.62 bits per heavy atom. The van der Waals surface area contributed by atoms with Crippen molar-refractivity contribution in [2.24, 2.45) is 18.9 Å². The van der Waals surface area contributed by atoms with E-state index >= 15 is 0 Å². The number of amides is 2. The number of imidazole rings is 1. The predicted octanol–water partition coefficient (Wildman–Crippen LogP) is 2.56. The van der Waals surface area contributed by atoms with E-state index in [-0.39, 0.29) is 18.0 Å². The lowest BCUT2D eigenvalue weighted by atomic mass is 9.83. The Labute approximate surface area is 223 Å². The molecule has 3 aliphatic heterocycles. The molecule has 214 valence electrons. The van der Waals surface area contributed by atoms with Crippen LogP contribution < -0.4 is 21.2 Å². The summed E-state index contributed by atoms with van der Waals surface area (Å²) in [4.78, 5) is 48.2. The zero-order chi connectivity index (χ0) is 28.3. The number of rotatable bonds is 4. The molecule has 0 saturated carbocycles. The Morgan fingerprint density at radius 3 is 2.21 bits per heavy atom. The zero-order valence-corrected chi connectivity index (χ0v) is 21.8. The Balaban J connectivity index is 0.000000448. The second-order valence-electron chi connectivity index (χ2n) is 10.5. The van der Waals surface area contributed by atoms with Crippen LogP contribution in [0.25, 0.3) is 11.0 Å². The van der Waals surface area contributed by atoms with Gasteiger partial charge in [0.1, 0.15) is 6.04 Å². The molecule has 10 nitrogen and oxygen atoms in total. The summed E-state index contributed by atoms with van der Waals surface area (Å²) in [5, 5.41) is 13.0. The third-order valence-corrected chi connectivity index (χ3v) is 7.94. The van der Waals surface area contributed by atoms with E-state index in [2.05, 4.69) is 27.7 Å². The van der Waals surface area contributed by atoms with Gasteiger partial charge in [-0.25, -0.2) is 9.59 Å². The van der Waals surface area contributed by atoms with Gasteiger partial charge in [-0.2, -0.15) is 13.2 Å². The highest BCUT2D eigenvalue weighted by Gasteiger charge is 2.38. The fourth-order valence-corrected chi connectivity index (χ4v) is 5.79. The third kappa shape index (κ3) is 6.63. The first-order valence-electron chi connectivity index (χ1n) is 13.3. The number of carbonyl (C=O) groups excluding carboxylic acids is 2. The number of nitrogens with one attached hydrogen (secondary N) is 2. The molecule has 1 aromatic carbocycles. The lowest BCUT2D eigenvalue weighted by molar-refractivity contribution is -0.192. The number of aromatic nitrogens is 2. The Kier molecular flexibility index (Phi) is 8.67. The largest absolute Gasteiger partial charge is 0.490 e. The van der Waals surface area contributed by atoms with Crippen LogP contribution in [0, 0.1) is 11.8 Å². The number of imide groups is 1. The van der Waals surface area contributed by atoms with Crippen molar-refractivity contribution in [2.75, 3.05) is 31.1 Å². The minimum Gasteiger partial charge on any atom is -0.475 e.